The van der Waals surface area contributed by atoms with Crippen LogP contribution in [0.25, 0.3) is 0 Å². The maximum atomic E-state index is 12.5. The normalized spacial score (nSPS) is 8.42. The van der Waals surface area contributed by atoms with Gasteiger partial charge in [0.1, 0.15) is 5.82 Å². The van der Waals surface area contributed by atoms with E-state index in [4.69, 9.17) is 4.74 Å². The molecule has 2 nitrogen and oxygen atoms in total. The van der Waals surface area contributed by atoms with Gasteiger partial charge in [0, 0.05) is 6.07 Å². The van der Waals surface area contributed by atoms with Crippen molar-refractivity contribution in [3.8, 4) is 5.88 Å². The van der Waals surface area contributed by atoms with Crippen LogP contribution in [0.3, 0.4) is 0 Å². The first-order valence-electron chi connectivity index (χ1n) is 3.91. The van der Waals surface area contributed by atoms with Crippen LogP contribution in [0.4, 0.5) is 4.39 Å². The predicted octanol–water partition coefficient (Wildman–Crippen LogP) is 2.56. The molecule has 0 radical (unpaired) electrons. The number of rotatable bonds is 1. The van der Waals surface area contributed by atoms with Gasteiger partial charge in [-0.05, 0) is 13.0 Å². The second-order valence-corrected chi connectivity index (χ2v) is 1.92. The first-order valence-corrected chi connectivity index (χ1v) is 3.91. The quantitative estimate of drug-likeness (QED) is 0.647. The lowest BCUT2D eigenvalue weighted by Crippen LogP contribution is -1.91. The highest BCUT2D eigenvalue weighted by molar-refractivity contribution is 5.16. The van der Waals surface area contributed by atoms with E-state index in [2.05, 4.69) is 4.98 Å². The number of ether oxygens (including phenoxy) is 1. The molecule has 0 aromatic carbocycles. The lowest BCUT2D eigenvalue weighted by molar-refractivity contribution is 0.394. The molecule has 0 amide bonds. The molecule has 0 spiro atoms. The minimum Gasteiger partial charge on any atom is -0.481 e. The highest BCUT2D eigenvalue weighted by atomic mass is 19.1. The predicted molar refractivity (Wildman–Crippen MR) is 46.8 cm³/mol. The van der Waals surface area contributed by atoms with Crippen LogP contribution in [0.1, 0.15) is 19.5 Å². The summed E-state index contributed by atoms with van der Waals surface area (Å²) in [6, 6.07) is 2.82. The Morgan fingerprint density at radius 1 is 1.33 bits per heavy atom. The number of methoxy groups -OCH3 is 1. The molecule has 3 heteroatoms. The smallest absolute Gasteiger partial charge is 0.213 e. The molecule has 0 N–H and O–H groups in total. The van der Waals surface area contributed by atoms with E-state index in [-0.39, 0.29) is 5.82 Å². The standard InChI is InChI=1S/C7H8FNO.C2H6/c1-5-6(8)3-4-7(9-5)10-2;1-2/h3-4H,1-2H3;1-2H3. The van der Waals surface area contributed by atoms with E-state index < -0.39 is 0 Å². The minimum absolute atomic E-state index is 0.305. The van der Waals surface area contributed by atoms with Crippen molar-refractivity contribution < 1.29 is 9.13 Å². The fraction of sp³-hybridized carbons (Fsp3) is 0.444. The van der Waals surface area contributed by atoms with Crippen molar-refractivity contribution in [3.63, 3.8) is 0 Å². The second kappa shape index (κ2) is 5.52. The molecule has 0 fully saturated rings. The molecule has 1 heterocycles. The maximum Gasteiger partial charge on any atom is 0.213 e. The molecule has 1 aromatic heterocycles. The van der Waals surface area contributed by atoms with E-state index in [1.54, 1.807) is 6.92 Å². The van der Waals surface area contributed by atoms with Gasteiger partial charge in [0.2, 0.25) is 5.88 Å². The summed E-state index contributed by atoms with van der Waals surface area (Å²) in [7, 11) is 1.50. The summed E-state index contributed by atoms with van der Waals surface area (Å²) >= 11 is 0. The van der Waals surface area contributed by atoms with Gasteiger partial charge >= 0.3 is 0 Å². The van der Waals surface area contributed by atoms with Crippen LogP contribution in [0.2, 0.25) is 0 Å². The average Bonchev–Trinajstić information content (AvgIpc) is 2.13. The molecule has 0 aliphatic rings. The fourth-order valence-corrected chi connectivity index (χ4v) is 0.635. The highest BCUT2D eigenvalue weighted by Gasteiger charge is 1.98. The van der Waals surface area contributed by atoms with Crippen molar-refractivity contribution in [1.29, 1.82) is 0 Å². The first kappa shape index (κ1) is 10.9. The largest absolute Gasteiger partial charge is 0.481 e. The zero-order valence-electron chi connectivity index (χ0n) is 7.89. The molecule has 0 unspecified atom stereocenters. The van der Waals surface area contributed by atoms with Gasteiger partial charge in [0.25, 0.3) is 0 Å². The molecular formula is C9H14FNO. The number of aromatic nitrogens is 1. The van der Waals surface area contributed by atoms with Crippen LogP contribution in [0, 0.1) is 12.7 Å². The molecule has 0 aliphatic carbocycles. The number of pyridine rings is 1. The third kappa shape index (κ3) is 2.86. The first-order chi connectivity index (χ1) is 5.74. The average molecular weight is 171 g/mol. The van der Waals surface area contributed by atoms with Crippen LogP contribution in [-0.4, -0.2) is 12.1 Å². The number of hydrogen-bond acceptors (Lipinski definition) is 2. The monoisotopic (exact) mass is 171 g/mol. The molecule has 0 saturated heterocycles. The van der Waals surface area contributed by atoms with Crippen molar-refractivity contribution in [2.24, 2.45) is 0 Å². The summed E-state index contributed by atoms with van der Waals surface area (Å²) < 4.78 is 17.3. The van der Waals surface area contributed by atoms with Crippen LogP contribution in [-0.2, 0) is 0 Å². The Morgan fingerprint density at radius 2 is 1.92 bits per heavy atom. The van der Waals surface area contributed by atoms with Gasteiger partial charge in [-0.2, -0.15) is 0 Å². The topological polar surface area (TPSA) is 22.1 Å². The van der Waals surface area contributed by atoms with Gasteiger partial charge < -0.3 is 4.74 Å². The van der Waals surface area contributed by atoms with Crippen molar-refractivity contribution >= 4 is 0 Å². The number of hydrogen-bond donors (Lipinski definition) is 0. The maximum absolute atomic E-state index is 12.5. The number of nitrogens with zero attached hydrogens (tertiary/aromatic N) is 1. The van der Waals surface area contributed by atoms with Crippen LogP contribution < -0.4 is 4.74 Å². The van der Waals surface area contributed by atoms with Gasteiger partial charge in [-0.3, -0.25) is 0 Å². The molecule has 0 saturated carbocycles. The Bertz CT molecular complexity index is 238. The second-order valence-electron chi connectivity index (χ2n) is 1.92. The fourth-order valence-electron chi connectivity index (χ4n) is 0.635. The molecule has 1 rings (SSSR count). The van der Waals surface area contributed by atoms with E-state index in [0.29, 0.717) is 11.6 Å². The van der Waals surface area contributed by atoms with Gasteiger partial charge in [0.05, 0.1) is 12.8 Å². The molecule has 0 aliphatic heterocycles. The molecule has 0 bridgehead atoms. The summed E-state index contributed by atoms with van der Waals surface area (Å²) in [6.07, 6.45) is 0. The minimum atomic E-state index is -0.305. The third-order valence-corrected chi connectivity index (χ3v) is 1.20. The SMILES string of the molecule is CC.COc1ccc(F)c(C)n1. The molecule has 12 heavy (non-hydrogen) atoms. The molecular weight excluding hydrogens is 157 g/mol. The van der Waals surface area contributed by atoms with Crippen LogP contribution in [0.5, 0.6) is 5.88 Å². The lowest BCUT2D eigenvalue weighted by Gasteiger charge is -1.98. The molecule has 0 atom stereocenters. The van der Waals surface area contributed by atoms with E-state index >= 15 is 0 Å². The Hall–Kier alpha value is -1.12. The van der Waals surface area contributed by atoms with E-state index in [1.165, 1.54) is 19.2 Å². The van der Waals surface area contributed by atoms with Crippen molar-refractivity contribution in [2.45, 2.75) is 20.8 Å². The Kier molecular flexibility index (Phi) is 5.00. The van der Waals surface area contributed by atoms with Crippen molar-refractivity contribution in [2.75, 3.05) is 7.11 Å². The lowest BCUT2D eigenvalue weighted by atomic mass is 10.4. The van der Waals surface area contributed by atoms with Gasteiger partial charge in [-0.1, -0.05) is 13.8 Å². The number of aryl methyl sites for hydroxylation is 1. The zero-order chi connectivity index (χ0) is 9.56. The zero-order valence-corrected chi connectivity index (χ0v) is 7.89. The summed E-state index contributed by atoms with van der Waals surface area (Å²) in [5.74, 6) is 0.139. The van der Waals surface area contributed by atoms with E-state index in [0.717, 1.165) is 0 Å². The van der Waals surface area contributed by atoms with E-state index in [1.807, 2.05) is 13.8 Å². The van der Waals surface area contributed by atoms with Gasteiger partial charge in [-0.25, -0.2) is 9.37 Å². The summed E-state index contributed by atoms with van der Waals surface area (Å²) in [5, 5.41) is 0. The Morgan fingerprint density at radius 3 is 2.33 bits per heavy atom. The summed E-state index contributed by atoms with van der Waals surface area (Å²) in [6.45, 7) is 5.60. The molecule has 68 valence electrons. The van der Waals surface area contributed by atoms with Crippen molar-refractivity contribution in [3.05, 3.63) is 23.6 Å². The Balaban J connectivity index is 0.000000561. The molecule has 1 aromatic rings. The van der Waals surface area contributed by atoms with Gasteiger partial charge in [0.15, 0.2) is 0 Å². The van der Waals surface area contributed by atoms with Crippen LogP contribution >= 0.6 is 0 Å². The highest BCUT2D eigenvalue weighted by Crippen LogP contribution is 2.09. The van der Waals surface area contributed by atoms with Crippen molar-refractivity contribution in [1.82, 2.24) is 4.98 Å². The number of halogens is 1. The van der Waals surface area contributed by atoms with Gasteiger partial charge in [-0.15, -0.1) is 0 Å². The summed E-state index contributed by atoms with van der Waals surface area (Å²) in [4.78, 5) is 3.79. The summed E-state index contributed by atoms with van der Waals surface area (Å²) in [5.41, 5.74) is 0.361. The third-order valence-electron chi connectivity index (χ3n) is 1.20. The van der Waals surface area contributed by atoms with Crippen LogP contribution in [0.15, 0.2) is 12.1 Å². The van der Waals surface area contributed by atoms with E-state index in [9.17, 15) is 4.39 Å². The Labute approximate surface area is 72.4 Å².